The van der Waals surface area contributed by atoms with E-state index in [1.165, 1.54) is 96.3 Å². The van der Waals surface area contributed by atoms with Gasteiger partial charge in [0.25, 0.3) is 0 Å². The number of hydrogen-bond donors (Lipinski definition) is 0. The van der Waals surface area contributed by atoms with Crippen molar-refractivity contribution in [2.45, 2.75) is 122 Å². The van der Waals surface area contributed by atoms with Crippen LogP contribution in [-0.2, 0) is 14.3 Å². The van der Waals surface area contributed by atoms with Gasteiger partial charge in [-0.3, -0.25) is 9.59 Å². The van der Waals surface area contributed by atoms with Crippen molar-refractivity contribution >= 4 is 11.9 Å². The van der Waals surface area contributed by atoms with Gasteiger partial charge in [0.05, 0.1) is 12.3 Å². The van der Waals surface area contributed by atoms with Gasteiger partial charge in [-0.25, -0.2) is 0 Å². The van der Waals surface area contributed by atoms with Crippen molar-refractivity contribution in [3.05, 3.63) is 12.2 Å². The zero-order chi connectivity index (χ0) is 19.6. The molecule has 1 heterocycles. The highest BCUT2D eigenvalue weighted by Gasteiger charge is 2.32. The second-order valence-electron chi connectivity index (χ2n) is 8.13. The standard InChI is InChI=1S/C24H42O3/c1-2-3-4-5-6-7-8-9-10-11-12-13-14-15-16-17-18-19-20-22-21-23(25)27-24(22)26/h6-7,22H,2-5,8-21H2,1H3/b7-6+. The van der Waals surface area contributed by atoms with Crippen molar-refractivity contribution in [1.29, 1.82) is 0 Å². The highest BCUT2D eigenvalue weighted by molar-refractivity contribution is 5.94. The normalized spacial score (nSPS) is 17.1. The SMILES string of the molecule is CCCCC/C=C/CCCCCCCCCCCCCC1CC(=O)OC1=O. The predicted molar refractivity (Wildman–Crippen MR) is 113 cm³/mol. The summed E-state index contributed by atoms with van der Waals surface area (Å²) in [6, 6.07) is 0. The first-order valence-electron chi connectivity index (χ1n) is 11.6. The zero-order valence-electron chi connectivity index (χ0n) is 17.7. The van der Waals surface area contributed by atoms with E-state index in [1.807, 2.05) is 0 Å². The van der Waals surface area contributed by atoms with Crippen molar-refractivity contribution < 1.29 is 14.3 Å². The molecule has 0 N–H and O–H groups in total. The van der Waals surface area contributed by atoms with E-state index >= 15 is 0 Å². The van der Waals surface area contributed by atoms with Gasteiger partial charge in [-0.2, -0.15) is 0 Å². The fourth-order valence-electron chi connectivity index (χ4n) is 3.73. The zero-order valence-corrected chi connectivity index (χ0v) is 17.7. The molecular formula is C24H42O3. The number of rotatable bonds is 18. The lowest BCUT2D eigenvalue weighted by atomic mass is 9.98. The maximum absolute atomic E-state index is 11.4. The third kappa shape index (κ3) is 13.7. The Bertz CT molecular complexity index is 414. The molecule has 0 aromatic rings. The minimum absolute atomic E-state index is 0.158. The van der Waals surface area contributed by atoms with Gasteiger partial charge in [-0.05, 0) is 32.1 Å². The van der Waals surface area contributed by atoms with Crippen LogP contribution in [-0.4, -0.2) is 11.9 Å². The first-order valence-corrected chi connectivity index (χ1v) is 11.6. The number of carbonyl (C=O) groups is 2. The van der Waals surface area contributed by atoms with Crippen LogP contribution in [0.15, 0.2) is 12.2 Å². The van der Waals surface area contributed by atoms with E-state index in [0.29, 0.717) is 6.42 Å². The molecule has 1 atom stereocenters. The predicted octanol–water partition coefficient (Wildman–Crippen LogP) is 7.28. The molecule has 0 aromatic carbocycles. The van der Waals surface area contributed by atoms with Gasteiger partial charge in [0, 0.05) is 0 Å². The minimum atomic E-state index is -0.344. The number of ether oxygens (including phenoxy) is 1. The summed E-state index contributed by atoms with van der Waals surface area (Å²) in [6.45, 7) is 2.26. The smallest absolute Gasteiger partial charge is 0.317 e. The molecule has 3 nitrogen and oxygen atoms in total. The van der Waals surface area contributed by atoms with Gasteiger partial charge < -0.3 is 4.74 Å². The van der Waals surface area contributed by atoms with Crippen molar-refractivity contribution in [2.24, 2.45) is 5.92 Å². The first kappa shape index (κ1) is 23.9. The third-order valence-electron chi connectivity index (χ3n) is 5.53. The first-order chi connectivity index (χ1) is 13.2. The number of hydrogen-bond acceptors (Lipinski definition) is 3. The summed E-state index contributed by atoms with van der Waals surface area (Å²) in [7, 11) is 0. The van der Waals surface area contributed by atoms with Gasteiger partial charge in [0.2, 0.25) is 0 Å². The third-order valence-corrected chi connectivity index (χ3v) is 5.53. The lowest BCUT2D eigenvalue weighted by Gasteiger charge is -2.05. The molecule has 1 aliphatic rings. The molecule has 1 fully saturated rings. The molecule has 1 saturated heterocycles. The lowest BCUT2D eigenvalue weighted by Crippen LogP contribution is -2.06. The van der Waals surface area contributed by atoms with Crippen molar-refractivity contribution in [3.63, 3.8) is 0 Å². The molecular weight excluding hydrogens is 336 g/mol. The molecule has 0 bridgehead atoms. The van der Waals surface area contributed by atoms with E-state index in [-0.39, 0.29) is 17.9 Å². The fraction of sp³-hybridized carbons (Fsp3) is 0.833. The quantitative estimate of drug-likeness (QED) is 0.109. The van der Waals surface area contributed by atoms with E-state index in [0.717, 1.165) is 12.8 Å². The second-order valence-corrected chi connectivity index (χ2v) is 8.13. The van der Waals surface area contributed by atoms with Crippen LogP contribution in [0.3, 0.4) is 0 Å². The molecule has 0 radical (unpaired) electrons. The summed E-state index contributed by atoms with van der Waals surface area (Å²) in [4.78, 5) is 22.4. The van der Waals surface area contributed by atoms with E-state index in [1.54, 1.807) is 0 Å². The van der Waals surface area contributed by atoms with Crippen LogP contribution in [0.25, 0.3) is 0 Å². The molecule has 1 aliphatic heterocycles. The van der Waals surface area contributed by atoms with Gasteiger partial charge in [0.15, 0.2) is 0 Å². The molecule has 1 rings (SSSR count). The molecule has 3 heteroatoms. The maximum Gasteiger partial charge on any atom is 0.317 e. The molecule has 156 valence electrons. The number of carbonyl (C=O) groups excluding carboxylic acids is 2. The summed E-state index contributed by atoms with van der Waals surface area (Å²) in [5.74, 6) is -0.805. The van der Waals surface area contributed by atoms with Crippen LogP contribution in [0.4, 0.5) is 0 Å². The van der Waals surface area contributed by atoms with Crippen molar-refractivity contribution in [1.82, 2.24) is 0 Å². The Morgan fingerprint density at radius 2 is 1.22 bits per heavy atom. The van der Waals surface area contributed by atoms with Gasteiger partial charge in [-0.1, -0.05) is 96.1 Å². The number of allylic oxidation sites excluding steroid dienone is 2. The van der Waals surface area contributed by atoms with Crippen LogP contribution in [0.5, 0.6) is 0 Å². The highest BCUT2D eigenvalue weighted by Crippen LogP contribution is 2.22. The van der Waals surface area contributed by atoms with Crippen molar-refractivity contribution in [3.8, 4) is 0 Å². The van der Waals surface area contributed by atoms with E-state index in [9.17, 15) is 9.59 Å². The number of cyclic esters (lactones) is 2. The van der Waals surface area contributed by atoms with E-state index in [2.05, 4.69) is 23.8 Å². The van der Waals surface area contributed by atoms with Gasteiger partial charge in [0.1, 0.15) is 0 Å². The Labute approximate surface area is 167 Å². The Morgan fingerprint density at radius 3 is 1.70 bits per heavy atom. The average molecular weight is 379 g/mol. The second kappa shape index (κ2) is 17.0. The van der Waals surface area contributed by atoms with Crippen molar-refractivity contribution in [2.75, 3.05) is 0 Å². The minimum Gasteiger partial charge on any atom is -0.393 e. The van der Waals surface area contributed by atoms with Crippen LogP contribution < -0.4 is 0 Å². The summed E-state index contributed by atoms with van der Waals surface area (Å²) in [5.41, 5.74) is 0. The van der Waals surface area contributed by atoms with Gasteiger partial charge in [-0.15, -0.1) is 0 Å². The topological polar surface area (TPSA) is 43.4 Å². The Morgan fingerprint density at radius 1 is 0.741 bits per heavy atom. The monoisotopic (exact) mass is 378 g/mol. The maximum atomic E-state index is 11.4. The van der Waals surface area contributed by atoms with Crippen LogP contribution in [0, 0.1) is 5.92 Å². The summed E-state index contributed by atoms with van der Waals surface area (Å²) in [6.07, 6.45) is 26.8. The highest BCUT2D eigenvalue weighted by atomic mass is 16.6. The molecule has 27 heavy (non-hydrogen) atoms. The van der Waals surface area contributed by atoms with Crippen LogP contribution >= 0.6 is 0 Å². The molecule has 0 aromatic heterocycles. The van der Waals surface area contributed by atoms with Crippen LogP contribution in [0.2, 0.25) is 0 Å². The molecule has 0 spiro atoms. The number of esters is 2. The summed E-state index contributed by atoms with van der Waals surface area (Å²) in [5, 5.41) is 0. The average Bonchev–Trinajstić information content (AvgIpc) is 2.98. The number of unbranched alkanes of at least 4 members (excludes halogenated alkanes) is 14. The Hall–Kier alpha value is -1.12. The summed E-state index contributed by atoms with van der Waals surface area (Å²) >= 11 is 0. The lowest BCUT2D eigenvalue weighted by molar-refractivity contribution is -0.153. The van der Waals surface area contributed by atoms with Crippen LogP contribution in [0.1, 0.15) is 122 Å². The fourth-order valence-corrected chi connectivity index (χ4v) is 3.73. The molecule has 0 saturated carbocycles. The van der Waals surface area contributed by atoms with E-state index in [4.69, 9.17) is 0 Å². The molecule has 1 unspecified atom stereocenters. The molecule has 0 amide bonds. The Kier molecular flexibility index (Phi) is 15.1. The van der Waals surface area contributed by atoms with Gasteiger partial charge >= 0.3 is 11.9 Å². The Balaban J connectivity index is 1.73. The molecule has 0 aliphatic carbocycles. The summed E-state index contributed by atoms with van der Waals surface area (Å²) < 4.78 is 4.58. The largest absolute Gasteiger partial charge is 0.393 e. The van der Waals surface area contributed by atoms with E-state index < -0.39 is 0 Å².